The highest BCUT2D eigenvalue weighted by Crippen LogP contribution is 2.56. The van der Waals surface area contributed by atoms with Gasteiger partial charge >= 0.3 is 0 Å². The van der Waals surface area contributed by atoms with Crippen molar-refractivity contribution in [3.05, 3.63) is 115 Å². The van der Waals surface area contributed by atoms with E-state index >= 15 is 0 Å². The van der Waals surface area contributed by atoms with Crippen LogP contribution in [-0.2, 0) is 9.47 Å². The summed E-state index contributed by atoms with van der Waals surface area (Å²) in [6.45, 7) is 2.63. The van der Waals surface area contributed by atoms with E-state index in [-0.39, 0.29) is 6.10 Å². The summed E-state index contributed by atoms with van der Waals surface area (Å²) in [4.78, 5) is 0. The number of benzene rings is 3. The maximum atomic E-state index is 6.28. The van der Waals surface area contributed by atoms with Crippen molar-refractivity contribution in [2.24, 2.45) is 0 Å². The van der Waals surface area contributed by atoms with Gasteiger partial charge in [0, 0.05) is 13.5 Å². The fraction of sp³-hybridized carbons (Fsp3) is 0.488. The lowest BCUT2D eigenvalue weighted by Crippen LogP contribution is -2.34. The number of unbranched alkanes of at least 4 members (excludes halogenated alkanes) is 11. The molecule has 3 aromatic carbocycles. The molecule has 2 nitrogen and oxygen atoms in total. The maximum Gasteiger partial charge on any atom is 0.146 e. The molecule has 3 aromatic rings. The Morgan fingerprint density at radius 2 is 0.957 bits per heavy atom. The molecule has 0 unspecified atom stereocenters. The molecule has 0 heterocycles. The van der Waals surface area contributed by atoms with Crippen molar-refractivity contribution in [2.75, 3.05) is 20.1 Å². The zero-order valence-corrected chi connectivity index (χ0v) is 29.9. The van der Waals surface area contributed by atoms with E-state index < -0.39 is 7.26 Å². The molecule has 1 atom stereocenters. The van der Waals surface area contributed by atoms with Gasteiger partial charge in [0.15, 0.2) is 0 Å². The Labute approximate surface area is 283 Å². The average molecular weight is 642 g/mol. The molecular weight excluding hydrogens is 579 g/mol. The van der Waals surface area contributed by atoms with Crippen LogP contribution in [0.15, 0.2) is 115 Å². The number of hydrogen-bond donors (Lipinski definition) is 0. The number of methoxy groups -OCH3 is 1. The molecule has 0 fully saturated rings. The normalized spacial score (nSPS) is 12.7. The Bertz CT molecular complexity index is 1080. The van der Waals surface area contributed by atoms with Gasteiger partial charge in [0.05, 0.1) is 12.3 Å². The van der Waals surface area contributed by atoms with Crippen molar-refractivity contribution < 1.29 is 9.47 Å². The van der Waals surface area contributed by atoms with Gasteiger partial charge in [-0.2, -0.15) is 0 Å². The summed E-state index contributed by atoms with van der Waals surface area (Å²) in [6.07, 6.45) is 31.3. The third-order valence-electron chi connectivity index (χ3n) is 9.01. The van der Waals surface area contributed by atoms with E-state index in [4.69, 9.17) is 9.47 Å². The Morgan fingerprint density at radius 1 is 0.522 bits per heavy atom. The van der Waals surface area contributed by atoms with Crippen molar-refractivity contribution >= 4 is 23.2 Å². The van der Waals surface area contributed by atoms with Crippen LogP contribution in [0.5, 0.6) is 0 Å². The molecule has 0 saturated heterocycles. The van der Waals surface area contributed by atoms with Crippen LogP contribution in [0.2, 0.25) is 0 Å². The fourth-order valence-corrected chi connectivity index (χ4v) is 10.8. The Hall–Kier alpha value is -2.51. The predicted octanol–water partition coefficient (Wildman–Crippen LogP) is 11.3. The van der Waals surface area contributed by atoms with E-state index in [1.807, 2.05) is 0 Å². The van der Waals surface area contributed by atoms with E-state index in [0.717, 1.165) is 38.3 Å². The molecule has 0 amide bonds. The molecule has 0 radical (unpaired) electrons. The lowest BCUT2D eigenvalue weighted by atomic mass is 10.1. The highest BCUT2D eigenvalue weighted by atomic mass is 31.2. The second-order valence-electron chi connectivity index (χ2n) is 12.6. The first-order chi connectivity index (χ1) is 22.8. The minimum atomic E-state index is -1.86. The summed E-state index contributed by atoms with van der Waals surface area (Å²) in [6, 6.07) is 33.5. The topological polar surface area (TPSA) is 18.5 Å². The van der Waals surface area contributed by atoms with E-state index in [1.54, 1.807) is 7.11 Å². The molecule has 0 aliphatic carbocycles. The van der Waals surface area contributed by atoms with Gasteiger partial charge in [0.25, 0.3) is 0 Å². The van der Waals surface area contributed by atoms with Gasteiger partial charge in [0.2, 0.25) is 0 Å². The number of allylic oxidation sites excluding steroid dienone is 4. The molecular formula is C43H62O2P+. The van der Waals surface area contributed by atoms with Crippen molar-refractivity contribution in [3.63, 3.8) is 0 Å². The minimum Gasteiger partial charge on any atom is -0.359 e. The molecule has 250 valence electrons. The Kier molecular flexibility index (Phi) is 20.3. The number of ether oxygens (including phenoxy) is 2. The van der Waals surface area contributed by atoms with Crippen LogP contribution in [0.25, 0.3) is 0 Å². The molecule has 0 spiro atoms. The lowest BCUT2D eigenvalue weighted by molar-refractivity contribution is -0.0742. The Balaban J connectivity index is 1.46. The molecule has 0 bridgehead atoms. The first-order valence-corrected chi connectivity index (χ1v) is 20.2. The lowest BCUT2D eigenvalue weighted by Gasteiger charge is -2.29. The summed E-state index contributed by atoms with van der Waals surface area (Å²) >= 11 is 0. The van der Waals surface area contributed by atoms with Crippen molar-refractivity contribution in [2.45, 2.75) is 116 Å². The van der Waals surface area contributed by atoms with Crippen molar-refractivity contribution in [1.82, 2.24) is 0 Å². The summed E-state index contributed by atoms with van der Waals surface area (Å²) in [5.41, 5.74) is 0. The van der Waals surface area contributed by atoms with Crippen LogP contribution in [0, 0.1) is 0 Å². The van der Waals surface area contributed by atoms with E-state index in [0.29, 0.717) is 6.79 Å². The largest absolute Gasteiger partial charge is 0.359 e. The molecule has 0 aliphatic heterocycles. The molecule has 0 N–H and O–H groups in total. The summed E-state index contributed by atoms with van der Waals surface area (Å²) < 4.78 is 11.6. The highest BCUT2D eigenvalue weighted by molar-refractivity contribution is 7.95. The second-order valence-corrected chi connectivity index (χ2v) is 16.2. The smallest absolute Gasteiger partial charge is 0.146 e. The van der Waals surface area contributed by atoms with Crippen LogP contribution in [0.1, 0.15) is 110 Å². The molecule has 46 heavy (non-hydrogen) atoms. The van der Waals surface area contributed by atoms with Gasteiger partial charge < -0.3 is 9.47 Å². The Morgan fingerprint density at radius 3 is 1.43 bits per heavy atom. The average Bonchev–Trinajstić information content (AvgIpc) is 3.11. The molecule has 0 saturated carbocycles. The maximum absolute atomic E-state index is 6.28. The summed E-state index contributed by atoms with van der Waals surface area (Å²) in [5.74, 6) is 0. The predicted molar refractivity (Wildman–Crippen MR) is 205 cm³/mol. The van der Waals surface area contributed by atoms with Crippen LogP contribution in [-0.4, -0.2) is 26.2 Å². The second kappa shape index (κ2) is 24.6. The van der Waals surface area contributed by atoms with Gasteiger partial charge in [-0.3, -0.25) is 0 Å². The number of rotatable bonds is 26. The molecule has 3 rings (SSSR count). The van der Waals surface area contributed by atoms with Crippen LogP contribution >= 0.6 is 7.26 Å². The first-order valence-electron chi connectivity index (χ1n) is 18.3. The summed E-state index contributed by atoms with van der Waals surface area (Å²) in [7, 11) is -0.146. The number of hydrogen-bond acceptors (Lipinski definition) is 2. The van der Waals surface area contributed by atoms with Gasteiger partial charge in [-0.1, -0.05) is 144 Å². The monoisotopic (exact) mass is 641 g/mol. The highest BCUT2D eigenvalue weighted by Gasteiger charge is 2.45. The van der Waals surface area contributed by atoms with Gasteiger partial charge in [-0.05, 0) is 74.9 Å². The van der Waals surface area contributed by atoms with E-state index in [9.17, 15) is 0 Å². The van der Waals surface area contributed by atoms with Gasteiger partial charge in [0.1, 0.15) is 30.0 Å². The van der Waals surface area contributed by atoms with Crippen LogP contribution in [0.3, 0.4) is 0 Å². The third kappa shape index (κ3) is 14.1. The van der Waals surface area contributed by atoms with Crippen molar-refractivity contribution in [3.8, 4) is 0 Å². The molecule has 3 heteroatoms. The zero-order valence-electron chi connectivity index (χ0n) is 29.0. The first kappa shape index (κ1) is 37.9. The fourth-order valence-electron chi connectivity index (χ4n) is 6.39. The standard InChI is InChI=1S/C43H62O2P/c1-3-4-5-6-7-8-9-10-11-12-13-14-15-16-17-18-19-23-30-40(45-39-44-2)37-38-46(41-31-24-20-25-32-41,42-33-26-21-27-34-42)43-35-28-22-29-36-43/h14-15,18-22,24-29,31-36,40H,3-13,16-17,23,30,37-39H2,1-2H3/q+1/b15-14+,19-18+/t40-/m0/s1. The van der Waals surface area contributed by atoms with Crippen LogP contribution < -0.4 is 15.9 Å². The van der Waals surface area contributed by atoms with Gasteiger partial charge in [-0.15, -0.1) is 0 Å². The van der Waals surface area contributed by atoms with E-state index in [2.05, 4.69) is 122 Å². The van der Waals surface area contributed by atoms with Crippen molar-refractivity contribution in [1.29, 1.82) is 0 Å². The quantitative estimate of drug-likeness (QED) is 0.0376. The zero-order chi connectivity index (χ0) is 32.4. The summed E-state index contributed by atoms with van der Waals surface area (Å²) in [5, 5.41) is 4.29. The van der Waals surface area contributed by atoms with Crippen LogP contribution in [0.4, 0.5) is 0 Å². The van der Waals surface area contributed by atoms with Gasteiger partial charge in [-0.25, -0.2) is 0 Å². The molecule has 0 aromatic heterocycles. The third-order valence-corrected chi connectivity index (χ3v) is 13.5. The molecule has 0 aliphatic rings. The minimum absolute atomic E-state index is 0.154. The SMILES string of the molecule is CCCCCCCCCCCC/C=C/CC/C=C/CC[C@@H](CC[P+](c1ccccc1)(c1ccccc1)c1ccccc1)OCOC. The van der Waals surface area contributed by atoms with E-state index in [1.165, 1.54) is 86.5 Å².